The highest BCUT2D eigenvalue weighted by Gasteiger charge is 2.45. The van der Waals surface area contributed by atoms with Crippen LogP contribution in [0.3, 0.4) is 0 Å². The summed E-state index contributed by atoms with van der Waals surface area (Å²) in [4.78, 5) is 23.9. The summed E-state index contributed by atoms with van der Waals surface area (Å²) in [5, 5.41) is 11.6. The van der Waals surface area contributed by atoms with Crippen LogP contribution < -0.4 is 9.67 Å². The smallest absolute Gasteiger partial charge is 0.322 e. The number of hydrogen-bond acceptors (Lipinski definition) is 4. The SMILES string of the molecule is [2H]C1[C@@H](c2ccccc2)OC(=O)[C@@]([2H])(C(=O)[O-])[C@@H]1[n+]1ccccc1. The molecule has 0 radical (unpaired) electrons. The van der Waals surface area contributed by atoms with Crippen LogP contribution in [0.5, 0.6) is 0 Å². The monoisotopic (exact) mass is 299 g/mol. The van der Waals surface area contributed by atoms with E-state index in [2.05, 4.69) is 0 Å². The Morgan fingerprint density at radius 2 is 1.86 bits per heavy atom. The molecule has 22 heavy (non-hydrogen) atoms. The van der Waals surface area contributed by atoms with Gasteiger partial charge in [0.15, 0.2) is 24.3 Å². The van der Waals surface area contributed by atoms with Crippen LogP contribution in [0.15, 0.2) is 60.9 Å². The van der Waals surface area contributed by atoms with E-state index >= 15 is 0 Å². The molecule has 0 aliphatic carbocycles. The number of esters is 1. The van der Waals surface area contributed by atoms with Gasteiger partial charge in [0.1, 0.15) is 6.10 Å². The van der Waals surface area contributed by atoms with Gasteiger partial charge >= 0.3 is 5.97 Å². The van der Waals surface area contributed by atoms with Gasteiger partial charge in [-0.3, -0.25) is 4.79 Å². The van der Waals surface area contributed by atoms with E-state index in [0.29, 0.717) is 5.56 Å². The zero-order chi connectivity index (χ0) is 17.3. The molecule has 1 aromatic heterocycles. The van der Waals surface area contributed by atoms with Gasteiger partial charge in [0.2, 0.25) is 0 Å². The summed E-state index contributed by atoms with van der Waals surface area (Å²) in [6, 6.07) is 12.4. The van der Waals surface area contributed by atoms with Crippen LogP contribution in [0.1, 0.15) is 26.8 Å². The number of pyridine rings is 1. The first-order chi connectivity index (χ1) is 11.5. The normalized spacial score (nSPS) is 32.5. The molecule has 4 atom stereocenters. The minimum absolute atomic E-state index is 0.577. The first-order valence-electron chi connectivity index (χ1n) is 7.89. The van der Waals surface area contributed by atoms with Gasteiger partial charge in [-0.25, -0.2) is 4.57 Å². The number of cyclic esters (lactones) is 1. The Kier molecular flexibility index (Phi) is 3.23. The van der Waals surface area contributed by atoms with Crippen LogP contribution in [-0.2, 0) is 14.3 Å². The quantitative estimate of drug-likeness (QED) is 0.472. The second kappa shape index (κ2) is 5.97. The molecule has 3 rings (SSSR count). The first-order valence-corrected chi connectivity index (χ1v) is 6.81. The third kappa shape index (κ3) is 2.70. The van der Waals surface area contributed by atoms with Crippen molar-refractivity contribution in [2.75, 3.05) is 0 Å². The Balaban J connectivity index is 2.11. The number of ether oxygens (including phenoxy) is 1. The predicted molar refractivity (Wildman–Crippen MR) is 74.1 cm³/mol. The summed E-state index contributed by atoms with van der Waals surface area (Å²) in [5.74, 6) is -5.79. The highest BCUT2D eigenvalue weighted by Crippen LogP contribution is 2.35. The molecule has 1 aromatic carbocycles. The van der Waals surface area contributed by atoms with Crippen LogP contribution in [-0.4, -0.2) is 11.9 Å². The van der Waals surface area contributed by atoms with Crippen molar-refractivity contribution < 1.29 is 26.7 Å². The molecule has 112 valence electrons. The molecule has 1 saturated heterocycles. The molecule has 0 saturated carbocycles. The molecular weight excluding hydrogens is 282 g/mol. The number of aliphatic carboxylic acids is 1. The summed E-state index contributed by atoms with van der Waals surface area (Å²) in [6.45, 7) is 0. The fraction of sp³-hybridized carbons (Fsp3) is 0.235. The Labute approximate surface area is 130 Å². The van der Waals surface area contributed by atoms with Crippen LogP contribution in [0.4, 0.5) is 0 Å². The maximum absolute atomic E-state index is 12.3. The number of benzene rings is 1. The van der Waals surface area contributed by atoms with Crippen LogP contribution in [0.2, 0.25) is 0 Å². The van der Waals surface area contributed by atoms with E-state index in [-0.39, 0.29) is 0 Å². The van der Waals surface area contributed by atoms with Crippen LogP contribution in [0.25, 0.3) is 0 Å². The maximum atomic E-state index is 12.3. The molecule has 0 N–H and O–H groups in total. The molecule has 0 spiro atoms. The molecule has 1 unspecified atom stereocenters. The largest absolute Gasteiger partial charge is 0.549 e. The lowest BCUT2D eigenvalue weighted by molar-refractivity contribution is -0.730. The molecule has 5 heteroatoms. The Morgan fingerprint density at radius 1 is 1.23 bits per heavy atom. The van der Waals surface area contributed by atoms with Crippen LogP contribution in [0, 0.1) is 5.89 Å². The number of carboxylic acids is 1. The van der Waals surface area contributed by atoms with E-state index < -0.39 is 36.4 Å². The van der Waals surface area contributed by atoms with E-state index in [1.807, 2.05) is 0 Å². The predicted octanol–water partition coefficient (Wildman–Crippen LogP) is 0.569. The number of aromatic nitrogens is 1. The van der Waals surface area contributed by atoms with Gasteiger partial charge in [-0.2, -0.15) is 0 Å². The molecule has 0 amide bonds. The molecule has 1 fully saturated rings. The summed E-state index contributed by atoms with van der Waals surface area (Å²) >= 11 is 0. The minimum Gasteiger partial charge on any atom is -0.549 e. The van der Waals surface area contributed by atoms with Crippen molar-refractivity contribution in [3.8, 4) is 0 Å². The van der Waals surface area contributed by atoms with Gasteiger partial charge in [-0.1, -0.05) is 36.4 Å². The van der Waals surface area contributed by atoms with Crippen molar-refractivity contribution in [3.63, 3.8) is 0 Å². The summed E-state index contributed by atoms with van der Waals surface area (Å²) in [7, 11) is 0. The van der Waals surface area contributed by atoms with Gasteiger partial charge in [-0.05, 0) is 5.56 Å². The Bertz CT molecular complexity index is 756. The molecule has 2 heterocycles. The lowest BCUT2D eigenvalue weighted by Gasteiger charge is -2.32. The molecule has 2 aromatic rings. The highest BCUT2D eigenvalue weighted by atomic mass is 16.5. The minimum atomic E-state index is -2.69. The molecule has 1 aliphatic heterocycles. The van der Waals surface area contributed by atoms with E-state index in [9.17, 15) is 14.7 Å². The number of nitrogens with zero attached hydrogens (tertiary/aromatic N) is 1. The topological polar surface area (TPSA) is 70.3 Å². The number of hydrogen-bond donors (Lipinski definition) is 0. The van der Waals surface area contributed by atoms with Crippen molar-refractivity contribution >= 4 is 11.9 Å². The zero-order valence-corrected chi connectivity index (χ0v) is 11.6. The standard InChI is InChI=1S/C17H15NO4/c19-16(20)15-13(18-9-5-2-6-10-18)11-14(22-17(15)21)12-7-3-1-4-8-12/h1-10,13-15H,11H2/t13-,14+,15-/m1/s1/i11D,15D/t11?,13-,14+,15-. The number of rotatable bonds is 3. The van der Waals surface area contributed by atoms with Gasteiger partial charge in [0, 0.05) is 13.5 Å². The Hall–Kier alpha value is -2.69. The third-order valence-corrected chi connectivity index (χ3v) is 3.51. The lowest BCUT2D eigenvalue weighted by atomic mass is 9.88. The molecular formula is C17H15NO4. The Morgan fingerprint density at radius 3 is 2.50 bits per heavy atom. The number of carboxylic acid groups (broad SMARTS) is 1. The summed E-state index contributed by atoms with van der Waals surface area (Å²) in [5.41, 5.74) is 0.577. The second-order valence-electron chi connectivity index (χ2n) is 4.90. The van der Waals surface area contributed by atoms with E-state index in [0.717, 1.165) is 0 Å². The highest BCUT2D eigenvalue weighted by molar-refractivity contribution is 5.93. The van der Waals surface area contributed by atoms with Crippen molar-refractivity contribution in [2.24, 2.45) is 5.89 Å². The fourth-order valence-electron chi connectivity index (χ4n) is 2.47. The lowest BCUT2D eigenvalue weighted by Crippen LogP contribution is -2.55. The maximum Gasteiger partial charge on any atom is 0.322 e. The molecule has 0 bridgehead atoms. The number of carbonyl (C=O) groups is 2. The van der Waals surface area contributed by atoms with Crippen molar-refractivity contribution in [3.05, 3.63) is 66.5 Å². The van der Waals surface area contributed by atoms with E-state index in [4.69, 9.17) is 7.48 Å². The second-order valence-corrected chi connectivity index (χ2v) is 4.90. The van der Waals surface area contributed by atoms with Crippen molar-refractivity contribution in [2.45, 2.75) is 18.5 Å². The zero-order valence-electron chi connectivity index (χ0n) is 13.6. The summed E-state index contributed by atoms with van der Waals surface area (Å²) in [6.07, 6.45) is 0.903. The van der Waals surface area contributed by atoms with Gasteiger partial charge < -0.3 is 14.6 Å². The van der Waals surface area contributed by atoms with Gasteiger partial charge in [0.25, 0.3) is 0 Å². The van der Waals surface area contributed by atoms with Crippen LogP contribution >= 0.6 is 0 Å². The fourth-order valence-corrected chi connectivity index (χ4v) is 2.47. The van der Waals surface area contributed by atoms with E-state index in [1.165, 1.54) is 17.0 Å². The average Bonchev–Trinajstić information content (AvgIpc) is 2.60. The van der Waals surface area contributed by atoms with Gasteiger partial charge in [-0.15, -0.1) is 0 Å². The van der Waals surface area contributed by atoms with Crippen molar-refractivity contribution in [1.29, 1.82) is 0 Å². The van der Waals surface area contributed by atoms with Gasteiger partial charge in [0.05, 0.1) is 13.7 Å². The summed E-state index contributed by atoms with van der Waals surface area (Å²) < 4.78 is 23.2. The molecule has 5 nitrogen and oxygen atoms in total. The average molecular weight is 299 g/mol. The van der Waals surface area contributed by atoms with Crippen molar-refractivity contribution in [1.82, 2.24) is 0 Å². The van der Waals surface area contributed by atoms with E-state index in [1.54, 1.807) is 48.5 Å². The first kappa shape index (κ1) is 11.9. The number of carbonyl (C=O) groups excluding carboxylic acids is 2. The molecule has 1 aliphatic rings. The third-order valence-electron chi connectivity index (χ3n) is 3.51.